The van der Waals surface area contributed by atoms with Crippen molar-refractivity contribution in [3.63, 3.8) is 0 Å². The van der Waals surface area contributed by atoms with Crippen molar-refractivity contribution in [3.05, 3.63) is 60.4 Å². The summed E-state index contributed by atoms with van der Waals surface area (Å²) in [5, 5.41) is 0. The number of carbonyl (C=O) groups excluding carboxylic acids is 1. The van der Waals surface area contributed by atoms with Gasteiger partial charge in [0, 0.05) is 37.8 Å². The third kappa shape index (κ3) is 5.82. The summed E-state index contributed by atoms with van der Waals surface area (Å²) in [7, 11) is 1.60. The summed E-state index contributed by atoms with van der Waals surface area (Å²) < 4.78 is 16.9. The van der Waals surface area contributed by atoms with Crippen LogP contribution < -0.4 is 19.1 Å². The molecule has 0 N–H and O–H groups in total. The second-order valence-corrected chi connectivity index (χ2v) is 8.45. The number of methoxy groups -OCH3 is 1. The summed E-state index contributed by atoms with van der Waals surface area (Å²) in [5.74, 6) is 2.85. The average Bonchev–Trinajstić information content (AvgIpc) is 2.90. The Kier molecular flexibility index (Phi) is 7.70. The Balaban J connectivity index is 1.36. The second-order valence-electron chi connectivity index (χ2n) is 8.45. The van der Waals surface area contributed by atoms with Crippen molar-refractivity contribution >= 4 is 11.7 Å². The Morgan fingerprint density at radius 1 is 1.00 bits per heavy atom. The Labute approximate surface area is 206 Å². The molecule has 1 aliphatic heterocycles. The van der Waals surface area contributed by atoms with Crippen LogP contribution in [-0.4, -0.2) is 66.8 Å². The minimum Gasteiger partial charge on any atom is -0.494 e. The van der Waals surface area contributed by atoms with E-state index in [4.69, 9.17) is 14.2 Å². The van der Waals surface area contributed by atoms with Crippen LogP contribution in [0.1, 0.15) is 19.4 Å². The Morgan fingerprint density at radius 3 is 2.43 bits per heavy atom. The van der Waals surface area contributed by atoms with E-state index < -0.39 is 6.10 Å². The molecule has 0 saturated carbocycles. The largest absolute Gasteiger partial charge is 0.494 e. The number of hydrogen-bond acceptors (Lipinski definition) is 7. The molecule has 0 spiro atoms. The molecule has 0 radical (unpaired) electrons. The molecule has 1 fully saturated rings. The predicted octanol–water partition coefficient (Wildman–Crippen LogP) is 3.98. The van der Waals surface area contributed by atoms with Crippen LogP contribution in [0.3, 0.4) is 0 Å². The molecule has 4 rings (SSSR count). The van der Waals surface area contributed by atoms with E-state index in [0.717, 1.165) is 28.4 Å². The van der Waals surface area contributed by atoms with Crippen molar-refractivity contribution in [2.75, 3.05) is 44.8 Å². The van der Waals surface area contributed by atoms with Crippen molar-refractivity contribution in [3.8, 4) is 28.5 Å². The highest BCUT2D eigenvalue weighted by Crippen LogP contribution is 2.29. The molecule has 1 aliphatic rings. The van der Waals surface area contributed by atoms with Gasteiger partial charge in [0.1, 0.15) is 17.9 Å². The number of hydrogen-bond donors (Lipinski definition) is 0. The van der Waals surface area contributed by atoms with Crippen LogP contribution in [0.4, 0.5) is 5.82 Å². The summed E-state index contributed by atoms with van der Waals surface area (Å²) in [6.45, 7) is 8.93. The molecule has 2 heterocycles. The van der Waals surface area contributed by atoms with E-state index in [1.165, 1.54) is 0 Å². The summed E-state index contributed by atoms with van der Waals surface area (Å²) >= 11 is 0. The summed E-state index contributed by atoms with van der Waals surface area (Å²) in [6, 6.07) is 15.6. The molecular weight excluding hydrogens is 444 g/mol. The SMILES string of the molecule is CCOc1ccc(-c2cc(N3CCN(C(=O)C(C)Oc4ccc(C)cc4OC)CC3)ncn2)cc1. The summed E-state index contributed by atoms with van der Waals surface area (Å²) in [4.78, 5) is 26.0. The zero-order chi connectivity index (χ0) is 24.8. The highest BCUT2D eigenvalue weighted by atomic mass is 16.5. The number of anilines is 1. The lowest BCUT2D eigenvalue weighted by Gasteiger charge is -2.36. The molecule has 35 heavy (non-hydrogen) atoms. The zero-order valence-electron chi connectivity index (χ0n) is 20.7. The molecule has 0 aliphatic carbocycles. The van der Waals surface area contributed by atoms with Gasteiger partial charge in [-0.1, -0.05) is 6.07 Å². The van der Waals surface area contributed by atoms with Crippen molar-refractivity contribution < 1.29 is 19.0 Å². The van der Waals surface area contributed by atoms with Gasteiger partial charge in [-0.2, -0.15) is 0 Å². The molecule has 8 heteroatoms. The van der Waals surface area contributed by atoms with Gasteiger partial charge in [-0.3, -0.25) is 4.79 Å². The maximum Gasteiger partial charge on any atom is 0.263 e. The molecule has 1 atom stereocenters. The molecule has 1 amide bonds. The first-order chi connectivity index (χ1) is 17.0. The van der Waals surface area contributed by atoms with Gasteiger partial charge >= 0.3 is 0 Å². The van der Waals surface area contributed by atoms with Crippen LogP contribution in [0.25, 0.3) is 11.3 Å². The van der Waals surface area contributed by atoms with Gasteiger partial charge < -0.3 is 24.0 Å². The van der Waals surface area contributed by atoms with Gasteiger partial charge in [0.15, 0.2) is 17.6 Å². The normalized spacial score (nSPS) is 14.4. The number of piperazine rings is 1. The van der Waals surface area contributed by atoms with E-state index in [9.17, 15) is 4.79 Å². The summed E-state index contributed by atoms with van der Waals surface area (Å²) in [6.07, 6.45) is 0.979. The van der Waals surface area contributed by atoms with E-state index in [-0.39, 0.29) is 5.91 Å². The number of ether oxygens (including phenoxy) is 3. The van der Waals surface area contributed by atoms with Crippen LogP contribution in [0.2, 0.25) is 0 Å². The number of carbonyl (C=O) groups is 1. The molecule has 1 saturated heterocycles. The second kappa shape index (κ2) is 11.1. The van der Waals surface area contributed by atoms with E-state index in [1.807, 2.05) is 67.3 Å². The minimum absolute atomic E-state index is 0.0370. The Morgan fingerprint density at radius 2 is 1.74 bits per heavy atom. The molecule has 1 unspecified atom stereocenters. The number of amides is 1. The van der Waals surface area contributed by atoms with Crippen LogP contribution in [0.5, 0.6) is 17.2 Å². The average molecular weight is 477 g/mol. The van der Waals surface area contributed by atoms with E-state index in [0.29, 0.717) is 44.3 Å². The van der Waals surface area contributed by atoms with Gasteiger partial charge in [-0.15, -0.1) is 0 Å². The van der Waals surface area contributed by atoms with Gasteiger partial charge in [0.25, 0.3) is 5.91 Å². The third-order valence-corrected chi connectivity index (χ3v) is 6.00. The number of rotatable bonds is 8. The lowest BCUT2D eigenvalue weighted by molar-refractivity contribution is -0.138. The first-order valence-electron chi connectivity index (χ1n) is 11.9. The van der Waals surface area contributed by atoms with Gasteiger partial charge in [0.2, 0.25) is 0 Å². The van der Waals surface area contributed by atoms with Crippen LogP contribution in [-0.2, 0) is 4.79 Å². The number of aromatic nitrogens is 2. The van der Waals surface area contributed by atoms with E-state index in [1.54, 1.807) is 20.4 Å². The fourth-order valence-electron chi connectivity index (χ4n) is 4.09. The fraction of sp³-hybridized carbons (Fsp3) is 0.370. The van der Waals surface area contributed by atoms with E-state index >= 15 is 0 Å². The zero-order valence-corrected chi connectivity index (χ0v) is 20.7. The highest BCUT2D eigenvalue weighted by Gasteiger charge is 2.27. The molecule has 8 nitrogen and oxygen atoms in total. The maximum atomic E-state index is 13.0. The number of benzene rings is 2. The molecule has 0 bridgehead atoms. The monoisotopic (exact) mass is 476 g/mol. The van der Waals surface area contributed by atoms with Crippen molar-refractivity contribution in [2.45, 2.75) is 26.9 Å². The van der Waals surface area contributed by atoms with Gasteiger partial charge in [0.05, 0.1) is 19.4 Å². The molecule has 184 valence electrons. The molecule has 2 aromatic carbocycles. The van der Waals surface area contributed by atoms with Gasteiger partial charge in [-0.05, 0) is 62.7 Å². The first-order valence-corrected chi connectivity index (χ1v) is 11.9. The molecule has 1 aromatic heterocycles. The summed E-state index contributed by atoms with van der Waals surface area (Å²) in [5.41, 5.74) is 2.92. The smallest absolute Gasteiger partial charge is 0.263 e. The lowest BCUT2D eigenvalue weighted by atomic mass is 10.1. The number of aryl methyl sites for hydroxylation is 1. The van der Waals surface area contributed by atoms with Crippen molar-refractivity contribution in [2.24, 2.45) is 0 Å². The quantitative estimate of drug-likeness (QED) is 0.487. The van der Waals surface area contributed by atoms with Gasteiger partial charge in [-0.25, -0.2) is 9.97 Å². The Bertz CT molecular complexity index is 1140. The Hall–Kier alpha value is -3.81. The van der Waals surface area contributed by atoms with Crippen molar-refractivity contribution in [1.29, 1.82) is 0 Å². The van der Waals surface area contributed by atoms with Crippen LogP contribution >= 0.6 is 0 Å². The highest BCUT2D eigenvalue weighted by molar-refractivity contribution is 5.81. The topological polar surface area (TPSA) is 77.0 Å². The lowest BCUT2D eigenvalue weighted by Crippen LogP contribution is -2.52. The molecular formula is C27H32N4O4. The van der Waals surface area contributed by atoms with Crippen LogP contribution in [0.15, 0.2) is 54.9 Å². The minimum atomic E-state index is -0.608. The number of nitrogens with zero attached hydrogens (tertiary/aromatic N) is 4. The maximum absolute atomic E-state index is 13.0. The predicted molar refractivity (Wildman–Crippen MR) is 135 cm³/mol. The third-order valence-electron chi connectivity index (χ3n) is 6.00. The first kappa shape index (κ1) is 24.3. The van der Waals surface area contributed by atoms with E-state index in [2.05, 4.69) is 14.9 Å². The fourth-order valence-corrected chi connectivity index (χ4v) is 4.09. The van der Waals surface area contributed by atoms with Crippen LogP contribution in [0, 0.1) is 6.92 Å². The molecule has 3 aromatic rings. The van der Waals surface area contributed by atoms with Crippen molar-refractivity contribution in [1.82, 2.24) is 14.9 Å². The standard InChI is InChI=1S/C27H32N4O4/c1-5-34-22-9-7-21(8-10-22)23-17-26(29-18-28-23)30-12-14-31(15-13-30)27(32)20(3)35-24-11-6-19(2)16-25(24)33-4/h6-11,16-18,20H,5,12-15H2,1-4H3.